The molecule has 11 aromatic rings. The molecule has 9 aromatic carbocycles. The van der Waals surface area contributed by atoms with Crippen LogP contribution in [0.25, 0.3) is 112 Å². The van der Waals surface area contributed by atoms with Gasteiger partial charge in [0.1, 0.15) is 0 Å². The highest BCUT2D eigenvalue weighted by atomic mass is 15.0. The Balaban J connectivity index is 1.11. The van der Waals surface area contributed by atoms with Crippen LogP contribution in [-0.2, 0) is 0 Å². The molecule has 0 bridgehead atoms. The molecule has 0 aliphatic rings. The monoisotopic (exact) mass is 791 g/mol. The predicted molar refractivity (Wildman–Crippen MR) is 254 cm³/mol. The van der Waals surface area contributed by atoms with Crippen LogP contribution >= 0.6 is 0 Å². The summed E-state index contributed by atoms with van der Waals surface area (Å²) in [5, 5.41) is 4.56. The summed E-state index contributed by atoms with van der Waals surface area (Å²) in [6.45, 7) is 0. The van der Waals surface area contributed by atoms with Gasteiger partial charge in [0.05, 0.1) is 11.4 Å². The number of nitrogens with zero attached hydrogens (tertiary/aromatic N) is 5. The Morgan fingerprint density at radius 2 is 0.597 bits per heavy atom. The minimum absolute atomic E-state index is 0.611. The van der Waals surface area contributed by atoms with Gasteiger partial charge < -0.3 is 0 Å². The van der Waals surface area contributed by atoms with E-state index in [1.165, 1.54) is 0 Å². The molecule has 0 radical (unpaired) electrons. The summed E-state index contributed by atoms with van der Waals surface area (Å²) in [6.07, 6.45) is 0. The second-order valence-electron chi connectivity index (χ2n) is 15.2. The van der Waals surface area contributed by atoms with Crippen LogP contribution in [0, 0.1) is 0 Å². The fraction of sp³-hybridized carbons (Fsp3) is 0. The molecule has 0 aliphatic heterocycles. The Bertz CT molecular complexity index is 3310. The van der Waals surface area contributed by atoms with Crippen molar-refractivity contribution in [3.05, 3.63) is 224 Å². The van der Waals surface area contributed by atoms with E-state index >= 15 is 0 Å². The second kappa shape index (κ2) is 16.0. The van der Waals surface area contributed by atoms with Gasteiger partial charge in [-0.15, -0.1) is 0 Å². The lowest BCUT2D eigenvalue weighted by molar-refractivity contribution is 1.07. The van der Waals surface area contributed by atoms with Gasteiger partial charge in [-0.1, -0.05) is 218 Å². The van der Waals surface area contributed by atoms with Gasteiger partial charge in [-0.3, -0.25) is 0 Å². The van der Waals surface area contributed by atoms with Crippen LogP contribution in [0.1, 0.15) is 0 Å². The van der Waals surface area contributed by atoms with E-state index < -0.39 is 0 Å². The van der Waals surface area contributed by atoms with Crippen LogP contribution in [0.4, 0.5) is 0 Å². The third-order valence-electron chi connectivity index (χ3n) is 11.4. The maximum absolute atomic E-state index is 5.38. The summed E-state index contributed by atoms with van der Waals surface area (Å²) in [6, 6.07) is 77.7. The van der Waals surface area contributed by atoms with Crippen molar-refractivity contribution in [1.82, 2.24) is 24.9 Å². The summed E-state index contributed by atoms with van der Waals surface area (Å²) < 4.78 is 0. The SMILES string of the molecule is c1ccc(-c2nc(-c3ccc4ccccc4c3-c3ccc(-c4nc(-c5ccccc5)nc(-c5ccccc5)n4)cc3)cc(-c3c(-c4ccccc4)ccc4ccccc34)n2)cc1. The lowest BCUT2D eigenvalue weighted by atomic mass is 9.89. The van der Waals surface area contributed by atoms with Gasteiger partial charge in [0.15, 0.2) is 23.3 Å². The van der Waals surface area contributed by atoms with Gasteiger partial charge in [0.25, 0.3) is 0 Å². The van der Waals surface area contributed by atoms with E-state index in [1.54, 1.807) is 0 Å². The molecule has 0 fully saturated rings. The van der Waals surface area contributed by atoms with Crippen molar-refractivity contribution >= 4 is 21.5 Å². The van der Waals surface area contributed by atoms with Gasteiger partial charge in [-0.05, 0) is 49.9 Å². The van der Waals surface area contributed by atoms with Gasteiger partial charge in [0.2, 0.25) is 0 Å². The highest BCUT2D eigenvalue weighted by molar-refractivity contribution is 6.06. The first-order valence-corrected chi connectivity index (χ1v) is 20.8. The van der Waals surface area contributed by atoms with Gasteiger partial charge in [-0.25, -0.2) is 24.9 Å². The standard InChI is InChI=1S/C57H37N5/c1-5-17-38(18-6-1)48-35-33-40-20-14-16-28-47(40)53(48)51-37-50(58-54(59-51)42-21-7-2-8-22-42)49-36-34-39-19-13-15-27-46(39)52(49)41-29-31-45(32-30-41)57-61-55(43-23-9-3-10-24-43)60-56(62-57)44-25-11-4-12-26-44/h1-37H. The molecule has 62 heavy (non-hydrogen) atoms. The average molecular weight is 792 g/mol. The first-order valence-electron chi connectivity index (χ1n) is 20.8. The number of hydrogen-bond donors (Lipinski definition) is 0. The molecule has 0 aliphatic carbocycles. The van der Waals surface area contributed by atoms with Crippen LogP contribution in [-0.4, -0.2) is 24.9 Å². The molecule has 5 heteroatoms. The van der Waals surface area contributed by atoms with Crippen molar-refractivity contribution in [2.75, 3.05) is 0 Å². The molecule has 0 N–H and O–H groups in total. The summed E-state index contributed by atoms with van der Waals surface area (Å²) >= 11 is 0. The Morgan fingerprint density at radius 1 is 0.226 bits per heavy atom. The maximum Gasteiger partial charge on any atom is 0.164 e. The van der Waals surface area contributed by atoms with Crippen molar-refractivity contribution in [2.45, 2.75) is 0 Å². The van der Waals surface area contributed by atoms with E-state index in [0.717, 1.165) is 88.6 Å². The normalized spacial score (nSPS) is 11.2. The molecular weight excluding hydrogens is 755 g/mol. The molecule has 0 saturated heterocycles. The molecule has 0 atom stereocenters. The van der Waals surface area contributed by atoms with Crippen LogP contribution in [0.5, 0.6) is 0 Å². The first-order chi connectivity index (χ1) is 30.7. The lowest BCUT2D eigenvalue weighted by Gasteiger charge is -2.18. The lowest BCUT2D eigenvalue weighted by Crippen LogP contribution is -2.00. The number of benzene rings is 9. The predicted octanol–water partition coefficient (Wildman–Crippen LogP) is 14.3. The third kappa shape index (κ3) is 6.97. The second-order valence-corrected chi connectivity index (χ2v) is 15.2. The van der Waals surface area contributed by atoms with Crippen molar-refractivity contribution in [3.63, 3.8) is 0 Å². The fourth-order valence-corrected chi connectivity index (χ4v) is 8.36. The third-order valence-corrected chi connectivity index (χ3v) is 11.4. The van der Waals surface area contributed by atoms with Crippen molar-refractivity contribution < 1.29 is 0 Å². The summed E-state index contributed by atoms with van der Waals surface area (Å²) in [7, 11) is 0. The summed E-state index contributed by atoms with van der Waals surface area (Å²) in [5.41, 5.74) is 11.9. The van der Waals surface area contributed by atoms with Crippen molar-refractivity contribution in [1.29, 1.82) is 0 Å². The van der Waals surface area contributed by atoms with E-state index in [0.29, 0.717) is 23.3 Å². The highest BCUT2D eigenvalue weighted by Crippen LogP contribution is 2.43. The Hall–Kier alpha value is -8.41. The molecular formula is C57H37N5. The molecule has 2 heterocycles. The molecule has 290 valence electrons. The number of fused-ring (bicyclic) bond motifs is 2. The van der Waals surface area contributed by atoms with E-state index in [2.05, 4.69) is 146 Å². The maximum atomic E-state index is 5.38. The Labute approximate surface area is 359 Å². The molecule has 0 spiro atoms. The quantitative estimate of drug-likeness (QED) is 0.153. The van der Waals surface area contributed by atoms with Crippen LogP contribution in [0.15, 0.2) is 224 Å². The average Bonchev–Trinajstić information content (AvgIpc) is 3.36. The largest absolute Gasteiger partial charge is 0.228 e. The minimum Gasteiger partial charge on any atom is -0.228 e. The zero-order chi connectivity index (χ0) is 41.2. The molecule has 2 aromatic heterocycles. The molecule has 5 nitrogen and oxygen atoms in total. The highest BCUT2D eigenvalue weighted by Gasteiger charge is 2.20. The summed E-state index contributed by atoms with van der Waals surface area (Å²) in [5.74, 6) is 2.54. The van der Waals surface area contributed by atoms with Crippen molar-refractivity contribution in [2.24, 2.45) is 0 Å². The zero-order valence-electron chi connectivity index (χ0n) is 33.6. The van der Waals surface area contributed by atoms with Crippen LogP contribution in [0.3, 0.4) is 0 Å². The molecule has 11 rings (SSSR count). The van der Waals surface area contributed by atoms with E-state index in [1.807, 2.05) is 78.9 Å². The van der Waals surface area contributed by atoms with Crippen molar-refractivity contribution in [3.8, 4) is 90.3 Å². The van der Waals surface area contributed by atoms with E-state index in [9.17, 15) is 0 Å². The van der Waals surface area contributed by atoms with E-state index in [4.69, 9.17) is 24.9 Å². The van der Waals surface area contributed by atoms with Crippen LogP contribution in [0.2, 0.25) is 0 Å². The van der Waals surface area contributed by atoms with Crippen LogP contribution < -0.4 is 0 Å². The summed E-state index contributed by atoms with van der Waals surface area (Å²) in [4.78, 5) is 25.7. The Morgan fingerprint density at radius 3 is 1.11 bits per heavy atom. The van der Waals surface area contributed by atoms with Gasteiger partial charge >= 0.3 is 0 Å². The molecule has 0 amide bonds. The van der Waals surface area contributed by atoms with Gasteiger partial charge in [0, 0.05) is 33.4 Å². The number of hydrogen-bond acceptors (Lipinski definition) is 5. The topological polar surface area (TPSA) is 64.5 Å². The van der Waals surface area contributed by atoms with Gasteiger partial charge in [-0.2, -0.15) is 0 Å². The number of aromatic nitrogens is 5. The molecule has 0 unspecified atom stereocenters. The zero-order valence-corrected chi connectivity index (χ0v) is 33.6. The van der Waals surface area contributed by atoms with E-state index in [-0.39, 0.29) is 0 Å². The molecule has 0 saturated carbocycles. The smallest absolute Gasteiger partial charge is 0.164 e. The first kappa shape index (κ1) is 36.7. The number of rotatable bonds is 8. The fourth-order valence-electron chi connectivity index (χ4n) is 8.36. The minimum atomic E-state index is 0.611. The Kier molecular flexibility index (Phi) is 9.45.